The molecule has 4 rings (SSSR count). The third-order valence-electron chi connectivity index (χ3n) is 6.66. The van der Waals surface area contributed by atoms with Gasteiger partial charge in [0.05, 0.1) is 50.1 Å². The van der Waals surface area contributed by atoms with Crippen molar-refractivity contribution in [2.24, 2.45) is 0 Å². The number of hydrogen-bond acceptors (Lipinski definition) is 10. The van der Waals surface area contributed by atoms with Gasteiger partial charge in [-0.05, 0) is 25.1 Å². The Morgan fingerprint density at radius 2 is 1.88 bits per heavy atom. The molecule has 2 atom stereocenters. The Kier molecular flexibility index (Phi) is 9.03. The van der Waals surface area contributed by atoms with Crippen LogP contribution in [0.25, 0.3) is 16.7 Å². The molecule has 1 aromatic carbocycles. The molecule has 0 bridgehead atoms. The number of rotatable bonds is 8. The van der Waals surface area contributed by atoms with Crippen molar-refractivity contribution in [3.63, 3.8) is 0 Å². The summed E-state index contributed by atoms with van der Waals surface area (Å²) >= 11 is 0. The quantitative estimate of drug-likeness (QED) is 0.314. The van der Waals surface area contributed by atoms with Crippen molar-refractivity contribution in [2.75, 3.05) is 40.5 Å². The highest BCUT2D eigenvalue weighted by atomic mass is 19.1. The summed E-state index contributed by atoms with van der Waals surface area (Å²) in [6, 6.07) is 1.70. The number of methoxy groups -OCH3 is 2. The summed E-state index contributed by atoms with van der Waals surface area (Å²) in [5.74, 6) is -5.14. The number of pyridine rings is 2. The minimum Gasteiger partial charge on any atom is -0.469 e. The van der Waals surface area contributed by atoms with Gasteiger partial charge in [0.1, 0.15) is 34.7 Å². The first kappa shape index (κ1) is 29.7. The number of nitrogens with one attached hydrogen (secondary N) is 1. The summed E-state index contributed by atoms with van der Waals surface area (Å²) in [5.41, 5.74) is -2.03. The molecule has 218 valence electrons. The Hall–Kier alpha value is -4.30. The third-order valence-corrected chi connectivity index (χ3v) is 6.66. The van der Waals surface area contributed by atoms with Gasteiger partial charge >= 0.3 is 17.9 Å². The second-order valence-corrected chi connectivity index (χ2v) is 9.11. The number of fused-ring (bicyclic) bond motifs is 1. The molecule has 1 fully saturated rings. The Balaban J connectivity index is 1.85. The fourth-order valence-corrected chi connectivity index (χ4v) is 4.67. The van der Waals surface area contributed by atoms with Crippen LogP contribution in [0.2, 0.25) is 0 Å². The summed E-state index contributed by atoms with van der Waals surface area (Å²) in [6.07, 6.45) is 0.710. The van der Waals surface area contributed by atoms with Crippen LogP contribution < -0.4 is 10.7 Å². The molecule has 0 aliphatic carbocycles. The summed E-state index contributed by atoms with van der Waals surface area (Å²) in [4.78, 5) is 56.1. The SMILES string of the molecule is CCOC(=O)c1cn(-c2ccc(F)cc2F)c2nc(C3CN(C(CC(=O)OC)C(=O)OC)CCN3)c(F)cc2c1=O. The lowest BCUT2D eigenvalue weighted by atomic mass is 10.0. The fourth-order valence-electron chi connectivity index (χ4n) is 4.67. The predicted molar refractivity (Wildman–Crippen MR) is 138 cm³/mol. The number of ether oxygens (including phenoxy) is 3. The Bertz CT molecular complexity index is 1560. The molecule has 1 saturated heterocycles. The van der Waals surface area contributed by atoms with Crippen molar-refractivity contribution in [3.05, 3.63) is 69.4 Å². The zero-order chi connectivity index (χ0) is 29.8. The van der Waals surface area contributed by atoms with Gasteiger partial charge in [-0.25, -0.2) is 22.9 Å². The first-order valence-electron chi connectivity index (χ1n) is 12.6. The molecule has 3 heterocycles. The molecule has 0 spiro atoms. The number of carbonyl (C=O) groups is 3. The summed E-state index contributed by atoms with van der Waals surface area (Å²) < 4.78 is 59.7. The van der Waals surface area contributed by atoms with E-state index in [0.717, 1.165) is 29.0 Å². The second kappa shape index (κ2) is 12.5. The van der Waals surface area contributed by atoms with Crippen molar-refractivity contribution in [2.45, 2.75) is 25.4 Å². The van der Waals surface area contributed by atoms with Crippen molar-refractivity contribution >= 4 is 28.9 Å². The van der Waals surface area contributed by atoms with Crippen molar-refractivity contribution in [1.82, 2.24) is 19.8 Å². The van der Waals surface area contributed by atoms with E-state index in [1.165, 1.54) is 21.1 Å². The van der Waals surface area contributed by atoms with Crippen LogP contribution in [0.4, 0.5) is 13.2 Å². The third kappa shape index (κ3) is 6.07. The van der Waals surface area contributed by atoms with Gasteiger partial charge in [0.25, 0.3) is 0 Å². The molecule has 2 aromatic heterocycles. The van der Waals surface area contributed by atoms with Crippen LogP contribution in [-0.2, 0) is 23.8 Å². The van der Waals surface area contributed by atoms with E-state index < -0.39 is 58.4 Å². The molecule has 11 nitrogen and oxygen atoms in total. The maximum atomic E-state index is 15.6. The van der Waals surface area contributed by atoms with Gasteiger partial charge in [0.2, 0.25) is 5.43 Å². The summed E-state index contributed by atoms with van der Waals surface area (Å²) in [5, 5.41) is 2.75. The minimum atomic E-state index is -1.02. The molecule has 1 aliphatic heterocycles. The minimum absolute atomic E-state index is 0.00222. The van der Waals surface area contributed by atoms with Gasteiger partial charge in [-0.2, -0.15) is 0 Å². The molecule has 3 aromatic rings. The van der Waals surface area contributed by atoms with Gasteiger partial charge in [0.15, 0.2) is 0 Å². The first-order valence-corrected chi connectivity index (χ1v) is 12.6. The lowest BCUT2D eigenvalue weighted by Gasteiger charge is -2.37. The van der Waals surface area contributed by atoms with E-state index >= 15 is 4.39 Å². The number of carbonyl (C=O) groups excluding carboxylic acids is 3. The average molecular weight is 577 g/mol. The number of hydrogen-bond donors (Lipinski definition) is 1. The van der Waals surface area contributed by atoms with Crippen LogP contribution in [0.5, 0.6) is 0 Å². The standard InChI is InChI=1S/C27H27F3N4O7/c1-4-41-26(37)16-12-34(20-6-5-14(28)9-17(20)29)25-15(24(16)36)10-18(30)23(32-25)19-13-33(8-7-31-19)21(27(38)40-3)11-22(35)39-2/h5-6,9-10,12,19,21,31H,4,7-8,11,13H2,1-3H3. The zero-order valence-electron chi connectivity index (χ0n) is 22.4. The van der Waals surface area contributed by atoms with Crippen LogP contribution in [0, 0.1) is 17.5 Å². The average Bonchev–Trinajstić information content (AvgIpc) is 2.96. The monoisotopic (exact) mass is 576 g/mol. The van der Waals surface area contributed by atoms with E-state index in [2.05, 4.69) is 15.0 Å². The van der Waals surface area contributed by atoms with Crippen LogP contribution >= 0.6 is 0 Å². The van der Waals surface area contributed by atoms with Crippen molar-refractivity contribution in [1.29, 1.82) is 0 Å². The van der Waals surface area contributed by atoms with Crippen molar-refractivity contribution < 1.29 is 41.8 Å². The van der Waals surface area contributed by atoms with Gasteiger partial charge in [-0.15, -0.1) is 0 Å². The van der Waals surface area contributed by atoms with Gasteiger partial charge in [0, 0.05) is 31.9 Å². The predicted octanol–water partition coefficient (Wildman–Crippen LogP) is 2.03. The van der Waals surface area contributed by atoms with Gasteiger partial charge < -0.3 is 19.5 Å². The highest BCUT2D eigenvalue weighted by molar-refractivity contribution is 5.93. The number of aromatic nitrogens is 2. The lowest BCUT2D eigenvalue weighted by Crippen LogP contribution is -2.53. The topological polar surface area (TPSA) is 129 Å². The van der Waals surface area contributed by atoms with Crippen LogP contribution in [0.1, 0.15) is 35.4 Å². The van der Waals surface area contributed by atoms with Gasteiger partial charge in [-0.1, -0.05) is 0 Å². The Labute approximate surface area is 231 Å². The fraction of sp³-hybridized carbons (Fsp3) is 0.370. The van der Waals surface area contributed by atoms with E-state index in [1.54, 1.807) is 4.90 Å². The zero-order valence-corrected chi connectivity index (χ0v) is 22.4. The lowest BCUT2D eigenvalue weighted by molar-refractivity contribution is -0.154. The second-order valence-electron chi connectivity index (χ2n) is 9.11. The van der Waals surface area contributed by atoms with E-state index in [9.17, 15) is 28.0 Å². The smallest absolute Gasteiger partial charge is 0.343 e. The Morgan fingerprint density at radius 3 is 2.54 bits per heavy atom. The highest BCUT2D eigenvalue weighted by Crippen LogP contribution is 2.26. The summed E-state index contributed by atoms with van der Waals surface area (Å²) in [6.45, 7) is 2.04. The molecule has 0 radical (unpaired) electrons. The molecule has 0 saturated carbocycles. The van der Waals surface area contributed by atoms with E-state index in [0.29, 0.717) is 12.6 Å². The van der Waals surface area contributed by atoms with E-state index in [1.807, 2.05) is 0 Å². The molecule has 41 heavy (non-hydrogen) atoms. The molecule has 1 aliphatic rings. The maximum absolute atomic E-state index is 15.6. The number of benzene rings is 1. The number of nitrogens with zero attached hydrogens (tertiary/aromatic N) is 3. The molecular weight excluding hydrogens is 549 g/mol. The van der Waals surface area contributed by atoms with Crippen LogP contribution in [0.15, 0.2) is 35.3 Å². The van der Waals surface area contributed by atoms with Crippen LogP contribution in [-0.4, -0.2) is 78.9 Å². The normalized spacial score (nSPS) is 16.3. The van der Waals surface area contributed by atoms with Crippen LogP contribution in [0.3, 0.4) is 0 Å². The number of esters is 3. The summed E-state index contributed by atoms with van der Waals surface area (Å²) in [7, 11) is 2.36. The maximum Gasteiger partial charge on any atom is 0.343 e. The molecule has 1 N–H and O–H groups in total. The molecular formula is C27H27F3N4O7. The largest absolute Gasteiger partial charge is 0.469 e. The molecule has 14 heteroatoms. The Morgan fingerprint density at radius 1 is 1.12 bits per heavy atom. The molecule has 0 amide bonds. The van der Waals surface area contributed by atoms with E-state index in [4.69, 9.17) is 9.47 Å². The van der Waals surface area contributed by atoms with Gasteiger partial charge in [-0.3, -0.25) is 23.9 Å². The first-order chi connectivity index (χ1) is 19.6. The number of halogens is 3. The molecule has 2 unspecified atom stereocenters. The highest BCUT2D eigenvalue weighted by Gasteiger charge is 2.35. The number of piperazine rings is 1. The van der Waals surface area contributed by atoms with E-state index in [-0.39, 0.29) is 48.5 Å². The van der Waals surface area contributed by atoms with Crippen molar-refractivity contribution in [3.8, 4) is 5.69 Å².